The molecule has 9 rings (SSSR count). The van der Waals surface area contributed by atoms with E-state index in [9.17, 15) is 34.8 Å². The molecule has 15 heteroatoms. The number of methoxy groups -OCH3 is 1. The van der Waals surface area contributed by atoms with E-state index in [0.717, 1.165) is 11.1 Å². The number of esters is 2. The van der Waals surface area contributed by atoms with Crippen LogP contribution < -0.4 is 18.9 Å². The summed E-state index contributed by atoms with van der Waals surface area (Å²) in [6, 6.07) is 5.64. The molecular formula is C52H60O15. The summed E-state index contributed by atoms with van der Waals surface area (Å²) in [7, 11) is 1.27. The van der Waals surface area contributed by atoms with Crippen molar-refractivity contribution in [3.8, 4) is 23.0 Å². The average molecular weight is 925 g/mol. The number of Topliss-reactive ketones (excluding diaryl/α,β-unsaturated/α-hetero) is 2. The lowest BCUT2D eigenvalue weighted by atomic mass is 9.51. The fourth-order valence-corrected chi connectivity index (χ4v) is 10.5. The number of hydrogen-bond donors (Lipinski definition) is 4. The number of carbonyl (C=O) groups excluding carboxylic acids is 4. The van der Waals surface area contributed by atoms with Crippen molar-refractivity contribution in [2.75, 3.05) is 13.7 Å². The van der Waals surface area contributed by atoms with Crippen molar-refractivity contribution in [1.29, 1.82) is 0 Å². The lowest BCUT2D eigenvalue weighted by Gasteiger charge is -2.56. The number of rotatable bonds is 13. The first-order chi connectivity index (χ1) is 31.6. The Hall–Kier alpha value is -5.42. The third kappa shape index (κ3) is 7.96. The van der Waals surface area contributed by atoms with E-state index in [1.165, 1.54) is 31.4 Å². The zero-order valence-corrected chi connectivity index (χ0v) is 39.3. The van der Waals surface area contributed by atoms with Gasteiger partial charge in [0.1, 0.15) is 52.8 Å². The first-order valence-electron chi connectivity index (χ1n) is 22.7. The van der Waals surface area contributed by atoms with Crippen molar-refractivity contribution in [3.05, 3.63) is 99.2 Å². The van der Waals surface area contributed by atoms with Crippen molar-refractivity contribution in [3.63, 3.8) is 0 Å². The molecule has 5 unspecified atom stereocenters. The lowest BCUT2D eigenvalue weighted by molar-refractivity contribution is -0.277. The molecule has 1 spiro atoms. The van der Waals surface area contributed by atoms with Crippen LogP contribution in [0, 0.1) is 11.8 Å². The van der Waals surface area contributed by atoms with E-state index in [-0.39, 0.29) is 58.1 Å². The summed E-state index contributed by atoms with van der Waals surface area (Å²) in [4.78, 5) is 57.6. The predicted octanol–water partition coefficient (Wildman–Crippen LogP) is 6.02. The van der Waals surface area contributed by atoms with Crippen molar-refractivity contribution in [2.45, 2.75) is 141 Å². The quantitative estimate of drug-likeness (QED) is 0.0783. The number of ether oxygens (including phenoxy) is 7. The molecular weight excluding hydrogens is 865 g/mol. The second-order valence-corrected chi connectivity index (χ2v) is 19.7. The van der Waals surface area contributed by atoms with Crippen LogP contribution in [0.5, 0.6) is 23.0 Å². The van der Waals surface area contributed by atoms with Gasteiger partial charge in [-0.25, -0.2) is 9.59 Å². The van der Waals surface area contributed by atoms with Gasteiger partial charge in [-0.15, -0.1) is 0 Å². The Morgan fingerprint density at radius 3 is 2.25 bits per heavy atom. The Kier molecular flexibility index (Phi) is 12.6. The number of aliphatic hydroxyl groups excluding tert-OH is 4. The molecule has 358 valence electrons. The molecule has 67 heavy (non-hydrogen) atoms. The molecule has 4 N–H and O–H groups in total. The van der Waals surface area contributed by atoms with E-state index in [4.69, 9.17) is 33.2 Å². The van der Waals surface area contributed by atoms with Gasteiger partial charge in [-0.05, 0) is 117 Å². The van der Waals surface area contributed by atoms with Crippen LogP contribution in [0.1, 0.15) is 113 Å². The van der Waals surface area contributed by atoms with Crippen LogP contribution in [0.3, 0.4) is 0 Å². The molecule has 4 bridgehead atoms. The average Bonchev–Trinajstić information content (AvgIpc) is 3.44. The van der Waals surface area contributed by atoms with Crippen LogP contribution in [0.25, 0.3) is 6.08 Å². The molecule has 0 radical (unpaired) electrons. The smallest absolute Gasteiger partial charge is 0.343 e. The molecule has 1 saturated carbocycles. The number of aliphatic hydroxyl groups is 4. The summed E-state index contributed by atoms with van der Waals surface area (Å²) in [5.74, 6) is -2.91. The Bertz CT molecular complexity index is 2540. The number of allylic oxidation sites excluding steroid dienone is 5. The summed E-state index contributed by atoms with van der Waals surface area (Å²) in [5, 5.41) is 40.6. The zero-order valence-electron chi connectivity index (χ0n) is 39.3. The second kappa shape index (κ2) is 17.6. The van der Waals surface area contributed by atoms with E-state index in [1.807, 2.05) is 66.7 Å². The standard InChI is InChI=1S/C52H60O15/c1-26(2)11-10-20-50(8)21-19-33-42(65-50)32(17-12-27(3)4)44-37(43(33)64-47(60)29-13-15-31(16-14-29)62-48-41(57)40(56)39(55)35(25-53)63-48)38(54)34-23-30-24-36-49(6,7)67-51(45(30)58,52(34,36)66-44)22-18-28(5)46(59)61-9/h11-16,18-19,21,23,30,35-36,39-41,48,53,55-57H,10,17,20,22,24-25H2,1-9H3/t30?,35-,36?,39-,40-,41-,48-,50?,51?,52?/m1/s1. The van der Waals surface area contributed by atoms with Gasteiger partial charge in [-0.3, -0.25) is 9.59 Å². The summed E-state index contributed by atoms with van der Waals surface area (Å²) in [6.45, 7) is 14.6. The van der Waals surface area contributed by atoms with Gasteiger partial charge in [0.15, 0.2) is 28.5 Å². The van der Waals surface area contributed by atoms with Crippen molar-refractivity contribution < 1.29 is 72.8 Å². The first kappa shape index (κ1) is 48.1. The van der Waals surface area contributed by atoms with E-state index in [2.05, 4.69) is 6.08 Å². The van der Waals surface area contributed by atoms with Crippen LogP contribution >= 0.6 is 0 Å². The van der Waals surface area contributed by atoms with E-state index < -0.39 is 89.3 Å². The van der Waals surface area contributed by atoms with Gasteiger partial charge in [-0.2, -0.15) is 0 Å². The van der Waals surface area contributed by atoms with Gasteiger partial charge >= 0.3 is 11.9 Å². The number of fused-ring (bicyclic) bond motifs is 2. The van der Waals surface area contributed by atoms with Crippen LogP contribution in [0.15, 0.2) is 76.9 Å². The van der Waals surface area contributed by atoms with Crippen LogP contribution in [-0.2, 0) is 30.2 Å². The van der Waals surface area contributed by atoms with Gasteiger partial charge in [0.25, 0.3) is 0 Å². The molecule has 7 aliphatic rings. The molecule has 2 aromatic carbocycles. The SMILES string of the molecule is COC(=O)C(C)=CCC12OC(C)(C)C3CC(C=C4C(=O)c5c(OC(=O)c6ccc(O[C@@H]7O[C@H](CO)[C@@H](O)[C@@H](O)[C@H]7O)cc6)c6c(c(CC=C(C)C)c5OC431)OC(C)(CCC=C(C)C)C=C6)C2=O. The summed E-state index contributed by atoms with van der Waals surface area (Å²) < 4.78 is 43.9. The normalized spacial score (nSPS) is 31.9. The minimum absolute atomic E-state index is 0.0151. The van der Waals surface area contributed by atoms with Crippen LogP contribution in [0.2, 0.25) is 0 Å². The number of hydrogen-bond acceptors (Lipinski definition) is 15. The molecule has 4 heterocycles. The fourth-order valence-electron chi connectivity index (χ4n) is 10.5. The third-order valence-corrected chi connectivity index (χ3v) is 14.0. The zero-order chi connectivity index (χ0) is 48.5. The molecule has 2 saturated heterocycles. The first-order valence-corrected chi connectivity index (χ1v) is 22.7. The Morgan fingerprint density at radius 1 is 0.896 bits per heavy atom. The minimum atomic E-state index is -1.73. The Balaban J connectivity index is 1.27. The highest BCUT2D eigenvalue weighted by atomic mass is 16.7. The second-order valence-electron chi connectivity index (χ2n) is 19.7. The molecule has 4 aliphatic heterocycles. The van der Waals surface area contributed by atoms with Gasteiger partial charge in [0.2, 0.25) is 6.29 Å². The Morgan fingerprint density at radius 2 is 1.60 bits per heavy atom. The highest BCUT2D eigenvalue weighted by molar-refractivity contribution is 6.19. The van der Waals surface area contributed by atoms with Gasteiger partial charge in [-0.1, -0.05) is 35.5 Å². The van der Waals surface area contributed by atoms with E-state index in [1.54, 1.807) is 19.1 Å². The number of ketones is 2. The van der Waals surface area contributed by atoms with Gasteiger partial charge in [0.05, 0.1) is 30.4 Å². The van der Waals surface area contributed by atoms with Crippen molar-refractivity contribution in [2.24, 2.45) is 11.8 Å². The van der Waals surface area contributed by atoms with Crippen LogP contribution in [-0.4, -0.2) is 111 Å². The van der Waals surface area contributed by atoms with Gasteiger partial charge in [0, 0.05) is 35.0 Å². The topological polar surface area (TPSA) is 214 Å². The molecule has 3 aliphatic carbocycles. The van der Waals surface area contributed by atoms with Crippen LogP contribution in [0.4, 0.5) is 0 Å². The maximum atomic E-state index is 15.7. The van der Waals surface area contributed by atoms with Crippen molar-refractivity contribution >= 4 is 29.6 Å². The maximum Gasteiger partial charge on any atom is 0.343 e. The maximum absolute atomic E-state index is 15.7. The van der Waals surface area contributed by atoms with Crippen molar-refractivity contribution in [1.82, 2.24) is 0 Å². The number of benzene rings is 2. The third-order valence-electron chi connectivity index (χ3n) is 14.0. The fraction of sp³-hybridized carbons (Fsp3) is 0.500. The lowest BCUT2D eigenvalue weighted by Crippen LogP contribution is -2.72. The van der Waals surface area contributed by atoms with Gasteiger partial charge < -0.3 is 53.6 Å². The highest BCUT2D eigenvalue weighted by Crippen LogP contribution is 2.69. The van der Waals surface area contributed by atoms with E-state index in [0.29, 0.717) is 36.1 Å². The molecule has 3 fully saturated rings. The molecule has 2 aromatic rings. The molecule has 15 nitrogen and oxygen atoms in total. The molecule has 10 atom stereocenters. The predicted molar refractivity (Wildman–Crippen MR) is 243 cm³/mol. The molecule has 0 aromatic heterocycles. The van der Waals surface area contributed by atoms with E-state index >= 15 is 4.79 Å². The summed E-state index contributed by atoms with van der Waals surface area (Å²) in [6.07, 6.45) is 5.38. The largest absolute Gasteiger partial charge is 0.482 e. The summed E-state index contributed by atoms with van der Waals surface area (Å²) >= 11 is 0. The monoisotopic (exact) mass is 924 g/mol. The summed E-state index contributed by atoms with van der Waals surface area (Å²) in [5.41, 5.74) is -1.68. The number of carbonyl (C=O) groups is 4. The highest BCUT2D eigenvalue weighted by Gasteiger charge is 2.81. The minimum Gasteiger partial charge on any atom is -0.482 e. The Labute approximate surface area is 389 Å². The molecule has 0 amide bonds.